The number of ether oxygens (including phenoxy) is 2. The lowest BCUT2D eigenvalue weighted by Gasteiger charge is -2.25. The highest BCUT2D eigenvalue weighted by Crippen LogP contribution is 2.07. The third-order valence-corrected chi connectivity index (χ3v) is 2.83. The maximum atomic E-state index is 11.4. The molecular formula is C12H25NO3. The first kappa shape index (κ1) is 15.4. The SMILES string of the molecule is CCCC(COC)NC(C)C(C)C(=O)OC. The average Bonchev–Trinajstić information content (AvgIpc) is 2.27. The monoisotopic (exact) mass is 231 g/mol. The maximum absolute atomic E-state index is 11.4. The van der Waals surface area contributed by atoms with E-state index in [1.165, 1.54) is 7.11 Å². The van der Waals surface area contributed by atoms with E-state index < -0.39 is 0 Å². The van der Waals surface area contributed by atoms with E-state index in [-0.39, 0.29) is 17.9 Å². The largest absolute Gasteiger partial charge is 0.469 e. The Hall–Kier alpha value is -0.610. The maximum Gasteiger partial charge on any atom is 0.309 e. The molecule has 96 valence electrons. The molecule has 0 radical (unpaired) electrons. The second-order valence-corrected chi connectivity index (χ2v) is 4.21. The van der Waals surface area contributed by atoms with E-state index in [0.29, 0.717) is 12.6 Å². The topological polar surface area (TPSA) is 47.6 Å². The Labute approximate surface area is 98.7 Å². The van der Waals surface area contributed by atoms with E-state index in [1.807, 2.05) is 13.8 Å². The molecule has 0 aromatic heterocycles. The van der Waals surface area contributed by atoms with Gasteiger partial charge < -0.3 is 14.8 Å². The fourth-order valence-corrected chi connectivity index (χ4v) is 1.67. The number of carbonyl (C=O) groups is 1. The van der Waals surface area contributed by atoms with Crippen LogP contribution in [-0.2, 0) is 14.3 Å². The molecule has 0 aliphatic carbocycles. The van der Waals surface area contributed by atoms with Crippen molar-refractivity contribution in [2.75, 3.05) is 20.8 Å². The summed E-state index contributed by atoms with van der Waals surface area (Å²) >= 11 is 0. The molecule has 0 rings (SSSR count). The Morgan fingerprint density at radius 1 is 1.31 bits per heavy atom. The highest BCUT2D eigenvalue weighted by atomic mass is 16.5. The summed E-state index contributed by atoms with van der Waals surface area (Å²) in [5.74, 6) is -0.311. The van der Waals surface area contributed by atoms with Gasteiger partial charge in [-0.1, -0.05) is 20.3 Å². The molecule has 0 aliphatic heterocycles. The molecule has 0 amide bonds. The number of hydrogen-bond acceptors (Lipinski definition) is 4. The minimum absolute atomic E-state index is 0.0964. The van der Waals surface area contributed by atoms with E-state index >= 15 is 0 Å². The van der Waals surface area contributed by atoms with Gasteiger partial charge in [-0.2, -0.15) is 0 Å². The molecular weight excluding hydrogens is 206 g/mol. The van der Waals surface area contributed by atoms with Crippen LogP contribution in [0, 0.1) is 5.92 Å². The lowest BCUT2D eigenvalue weighted by molar-refractivity contribution is -0.145. The molecule has 0 aliphatic rings. The molecule has 1 N–H and O–H groups in total. The molecule has 0 saturated carbocycles. The van der Waals surface area contributed by atoms with Crippen LogP contribution in [0.1, 0.15) is 33.6 Å². The molecule has 16 heavy (non-hydrogen) atoms. The van der Waals surface area contributed by atoms with Gasteiger partial charge in [0.2, 0.25) is 0 Å². The normalized spacial score (nSPS) is 16.6. The van der Waals surface area contributed by atoms with E-state index in [4.69, 9.17) is 9.47 Å². The van der Waals surface area contributed by atoms with E-state index in [1.54, 1.807) is 7.11 Å². The molecule has 4 nitrogen and oxygen atoms in total. The molecule has 0 spiro atoms. The molecule has 0 bridgehead atoms. The first-order valence-electron chi connectivity index (χ1n) is 5.89. The standard InChI is InChI=1S/C12H25NO3/c1-6-7-11(8-15-4)13-10(3)9(2)12(14)16-5/h9-11,13H,6-8H2,1-5H3. The predicted molar refractivity (Wildman–Crippen MR) is 64.3 cm³/mol. The summed E-state index contributed by atoms with van der Waals surface area (Å²) in [6, 6.07) is 0.399. The van der Waals surface area contributed by atoms with Gasteiger partial charge >= 0.3 is 5.97 Å². The van der Waals surface area contributed by atoms with Crippen molar-refractivity contribution in [2.45, 2.75) is 45.7 Å². The first-order chi connectivity index (χ1) is 7.56. The van der Waals surface area contributed by atoms with Crippen molar-refractivity contribution in [3.05, 3.63) is 0 Å². The Morgan fingerprint density at radius 2 is 1.94 bits per heavy atom. The van der Waals surface area contributed by atoms with E-state index in [2.05, 4.69) is 12.2 Å². The lowest BCUT2D eigenvalue weighted by Crippen LogP contribution is -2.44. The highest BCUT2D eigenvalue weighted by Gasteiger charge is 2.22. The number of rotatable bonds is 8. The van der Waals surface area contributed by atoms with Crippen molar-refractivity contribution in [3.63, 3.8) is 0 Å². The Kier molecular flexibility index (Phi) is 8.21. The quantitative estimate of drug-likeness (QED) is 0.644. The zero-order valence-corrected chi connectivity index (χ0v) is 11.1. The van der Waals surface area contributed by atoms with Gasteiger partial charge in [-0.25, -0.2) is 0 Å². The van der Waals surface area contributed by atoms with E-state index in [0.717, 1.165) is 12.8 Å². The highest BCUT2D eigenvalue weighted by molar-refractivity contribution is 5.72. The van der Waals surface area contributed by atoms with Gasteiger partial charge in [-0.15, -0.1) is 0 Å². The molecule has 3 atom stereocenters. The molecule has 0 aromatic rings. The van der Waals surface area contributed by atoms with Gasteiger partial charge in [-0.3, -0.25) is 4.79 Å². The Morgan fingerprint density at radius 3 is 2.38 bits per heavy atom. The summed E-state index contributed by atoms with van der Waals surface area (Å²) in [6.07, 6.45) is 2.15. The molecule has 0 heterocycles. The summed E-state index contributed by atoms with van der Waals surface area (Å²) in [5.41, 5.74) is 0. The minimum atomic E-state index is -0.173. The molecule has 0 aromatic carbocycles. The van der Waals surface area contributed by atoms with Crippen molar-refractivity contribution in [2.24, 2.45) is 5.92 Å². The minimum Gasteiger partial charge on any atom is -0.469 e. The third kappa shape index (κ3) is 5.47. The number of nitrogens with one attached hydrogen (secondary N) is 1. The number of methoxy groups -OCH3 is 2. The van der Waals surface area contributed by atoms with Crippen LogP contribution in [0.15, 0.2) is 0 Å². The summed E-state index contributed by atoms with van der Waals surface area (Å²) in [4.78, 5) is 11.4. The second kappa shape index (κ2) is 8.53. The van der Waals surface area contributed by atoms with Crippen molar-refractivity contribution in [3.8, 4) is 0 Å². The number of esters is 1. The average molecular weight is 231 g/mol. The van der Waals surface area contributed by atoms with Crippen molar-refractivity contribution >= 4 is 5.97 Å². The van der Waals surface area contributed by atoms with Crippen LogP contribution in [0.4, 0.5) is 0 Å². The van der Waals surface area contributed by atoms with Gasteiger partial charge in [-0.05, 0) is 13.3 Å². The summed E-state index contributed by atoms with van der Waals surface area (Å²) in [7, 11) is 3.11. The van der Waals surface area contributed by atoms with Crippen LogP contribution in [-0.4, -0.2) is 38.9 Å². The van der Waals surface area contributed by atoms with Crippen LogP contribution in [0.2, 0.25) is 0 Å². The van der Waals surface area contributed by atoms with Crippen LogP contribution in [0.5, 0.6) is 0 Å². The summed E-state index contributed by atoms with van der Waals surface area (Å²) < 4.78 is 9.87. The first-order valence-corrected chi connectivity index (χ1v) is 5.89. The van der Waals surface area contributed by atoms with Gasteiger partial charge in [0.1, 0.15) is 0 Å². The van der Waals surface area contributed by atoms with Gasteiger partial charge in [0.25, 0.3) is 0 Å². The predicted octanol–water partition coefficient (Wildman–Crippen LogP) is 1.59. The lowest BCUT2D eigenvalue weighted by atomic mass is 10.0. The van der Waals surface area contributed by atoms with E-state index in [9.17, 15) is 4.79 Å². The van der Waals surface area contributed by atoms with Crippen molar-refractivity contribution in [1.29, 1.82) is 0 Å². The zero-order valence-electron chi connectivity index (χ0n) is 11.1. The van der Waals surface area contributed by atoms with Gasteiger partial charge in [0.05, 0.1) is 19.6 Å². The fraction of sp³-hybridized carbons (Fsp3) is 0.917. The second-order valence-electron chi connectivity index (χ2n) is 4.21. The van der Waals surface area contributed by atoms with Gasteiger partial charge in [0, 0.05) is 19.2 Å². The summed E-state index contributed by atoms with van der Waals surface area (Å²) in [5, 5.41) is 3.41. The van der Waals surface area contributed by atoms with Gasteiger partial charge in [0.15, 0.2) is 0 Å². The van der Waals surface area contributed by atoms with Crippen LogP contribution < -0.4 is 5.32 Å². The Bertz CT molecular complexity index is 191. The van der Waals surface area contributed by atoms with Crippen molar-refractivity contribution in [1.82, 2.24) is 5.32 Å². The molecule has 0 saturated heterocycles. The summed E-state index contributed by atoms with van der Waals surface area (Å²) in [6.45, 7) is 6.68. The smallest absolute Gasteiger partial charge is 0.309 e. The molecule has 3 unspecified atom stereocenters. The van der Waals surface area contributed by atoms with Crippen LogP contribution >= 0.6 is 0 Å². The zero-order chi connectivity index (χ0) is 12.6. The van der Waals surface area contributed by atoms with Crippen molar-refractivity contribution < 1.29 is 14.3 Å². The third-order valence-electron chi connectivity index (χ3n) is 2.83. The molecule has 4 heteroatoms. The van der Waals surface area contributed by atoms with Crippen LogP contribution in [0.25, 0.3) is 0 Å². The Balaban J connectivity index is 4.15. The van der Waals surface area contributed by atoms with Crippen LogP contribution in [0.3, 0.4) is 0 Å². The number of carbonyl (C=O) groups excluding carboxylic acids is 1. The molecule has 0 fully saturated rings. The number of hydrogen-bond donors (Lipinski definition) is 1. The fourth-order valence-electron chi connectivity index (χ4n) is 1.67.